The smallest absolute Gasteiger partial charge is 0.407 e. The molecule has 0 fully saturated rings. The predicted octanol–water partition coefficient (Wildman–Crippen LogP) is 0.583. The van der Waals surface area contributed by atoms with Gasteiger partial charge in [-0.2, -0.15) is 0 Å². The summed E-state index contributed by atoms with van der Waals surface area (Å²) in [6.45, 7) is 5.09. The second-order valence-corrected chi connectivity index (χ2v) is 7.23. The number of nitrogens with zero attached hydrogens (tertiary/aromatic N) is 1. The summed E-state index contributed by atoms with van der Waals surface area (Å²) >= 11 is 0. The van der Waals surface area contributed by atoms with Crippen LogP contribution in [0.4, 0.5) is 4.79 Å². The molecule has 23 heavy (non-hydrogen) atoms. The molecule has 1 aromatic heterocycles. The number of carbonyl (C=O) groups is 2. The number of carboxylic acids is 1. The van der Waals surface area contributed by atoms with Crippen molar-refractivity contribution in [1.82, 2.24) is 15.0 Å². The van der Waals surface area contributed by atoms with Gasteiger partial charge in [0.15, 0.2) is 5.03 Å². The second-order valence-electron chi connectivity index (χ2n) is 5.52. The molecular weight excluding hydrogens is 326 g/mol. The van der Waals surface area contributed by atoms with Crippen LogP contribution in [0.2, 0.25) is 0 Å². The number of carboxylic acid groups (broad SMARTS) is 1. The third-order valence-electron chi connectivity index (χ3n) is 2.34. The van der Waals surface area contributed by atoms with Crippen LogP contribution in [-0.2, 0) is 14.8 Å². The maximum absolute atomic E-state index is 11.9. The van der Waals surface area contributed by atoms with Crippen LogP contribution in [0.3, 0.4) is 0 Å². The van der Waals surface area contributed by atoms with Crippen LogP contribution in [0.1, 0.15) is 31.1 Å². The number of pyridine rings is 1. The predicted molar refractivity (Wildman–Crippen MR) is 80.6 cm³/mol. The topological polar surface area (TPSA) is 135 Å². The molecule has 3 N–H and O–H groups in total. The van der Waals surface area contributed by atoms with Crippen LogP contribution in [-0.4, -0.2) is 49.3 Å². The summed E-state index contributed by atoms with van der Waals surface area (Å²) in [4.78, 5) is 25.6. The summed E-state index contributed by atoms with van der Waals surface area (Å²) in [5.74, 6) is -1.20. The number of hydrogen-bond donors (Lipinski definition) is 3. The van der Waals surface area contributed by atoms with Gasteiger partial charge in [0.25, 0.3) is 10.0 Å². The standard InChI is InChI=1S/C13H19N3O6S/c1-13(2,3)22-12(19)14-6-7-16-23(20,21)10-5-4-9(8-15-10)11(17)18/h4-5,8,16H,6-7H2,1-3H3,(H,14,19)(H,17,18). The third kappa shape index (κ3) is 6.61. The first-order chi connectivity index (χ1) is 10.5. The number of alkyl carbamates (subject to hydrolysis) is 1. The average Bonchev–Trinajstić information content (AvgIpc) is 2.42. The number of aromatic carboxylic acids is 1. The number of hydrogen-bond acceptors (Lipinski definition) is 6. The monoisotopic (exact) mass is 345 g/mol. The summed E-state index contributed by atoms with van der Waals surface area (Å²) in [6, 6.07) is 2.23. The molecule has 128 valence electrons. The molecule has 1 aromatic rings. The largest absolute Gasteiger partial charge is 0.478 e. The molecule has 1 amide bonds. The van der Waals surface area contributed by atoms with E-state index in [-0.39, 0.29) is 23.7 Å². The molecule has 0 spiro atoms. The quantitative estimate of drug-likeness (QED) is 0.642. The Bertz CT molecular complexity index is 664. The fourth-order valence-corrected chi connectivity index (χ4v) is 2.36. The van der Waals surface area contributed by atoms with Crippen molar-refractivity contribution in [1.29, 1.82) is 0 Å². The van der Waals surface area contributed by atoms with Crippen LogP contribution >= 0.6 is 0 Å². The highest BCUT2D eigenvalue weighted by atomic mass is 32.2. The highest BCUT2D eigenvalue weighted by Gasteiger charge is 2.18. The lowest BCUT2D eigenvalue weighted by Gasteiger charge is -2.19. The molecule has 0 radical (unpaired) electrons. The first-order valence-electron chi connectivity index (χ1n) is 6.67. The van der Waals surface area contributed by atoms with Gasteiger partial charge < -0.3 is 15.2 Å². The third-order valence-corrected chi connectivity index (χ3v) is 3.72. The molecule has 1 heterocycles. The van der Waals surface area contributed by atoms with Gasteiger partial charge in [0, 0.05) is 19.3 Å². The maximum atomic E-state index is 11.9. The first kappa shape index (κ1) is 18.8. The molecule has 10 heteroatoms. The lowest BCUT2D eigenvalue weighted by atomic mass is 10.2. The van der Waals surface area contributed by atoms with Crippen molar-refractivity contribution < 1.29 is 27.9 Å². The Hall–Kier alpha value is -2.20. The van der Waals surface area contributed by atoms with E-state index < -0.39 is 27.7 Å². The minimum absolute atomic E-state index is 0.0291. The minimum Gasteiger partial charge on any atom is -0.478 e. The number of rotatable bonds is 6. The number of ether oxygens (including phenoxy) is 1. The lowest BCUT2D eigenvalue weighted by molar-refractivity contribution is 0.0528. The molecule has 1 rings (SSSR count). The SMILES string of the molecule is CC(C)(C)OC(=O)NCCNS(=O)(=O)c1ccc(C(=O)O)cn1. The van der Waals surface area contributed by atoms with E-state index in [0.29, 0.717) is 0 Å². The lowest BCUT2D eigenvalue weighted by Crippen LogP contribution is -2.38. The molecule has 0 saturated heterocycles. The first-order valence-corrected chi connectivity index (χ1v) is 8.15. The molecule has 0 atom stereocenters. The van der Waals surface area contributed by atoms with Crippen LogP contribution in [0.5, 0.6) is 0 Å². The Balaban J connectivity index is 2.50. The summed E-state index contributed by atoms with van der Waals surface area (Å²) in [6.07, 6.45) is 0.302. The van der Waals surface area contributed by atoms with Crippen molar-refractivity contribution in [3.05, 3.63) is 23.9 Å². The van der Waals surface area contributed by atoms with E-state index in [2.05, 4.69) is 15.0 Å². The molecule has 0 unspecified atom stereocenters. The van der Waals surface area contributed by atoms with Crippen molar-refractivity contribution in [2.24, 2.45) is 0 Å². The van der Waals surface area contributed by atoms with Crippen LogP contribution in [0, 0.1) is 0 Å². The van der Waals surface area contributed by atoms with Crippen molar-refractivity contribution in [3.63, 3.8) is 0 Å². The van der Waals surface area contributed by atoms with E-state index >= 15 is 0 Å². The zero-order valence-corrected chi connectivity index (χ0v) is 13.8. The number of amides is 1. The van der Waals surface area contributed by atoms with Gasteiger partial charge in [-0.25, -0.2) is 27.7 Å². The van der Waals surface area contributed by atoms with E-state index in [1.807, 2.05) is 0 Å². The van der Waals surface area contributed by atoms with E-state index in [9.17, 15) is 18.0 Å². The van der Waals surface area contributed by atoms with Gasteiger partial charge in [0.2, 0.25) is 0 Å². The Kier molecular flexibility index (Phi) is 6.05. The molecule has 9 nitrogen and oxygen atoms in total. The molecule has 0 bridgehead atoms. The Morgan fingerprint density at radius 1 is 1.26 bits per heavy atom. The Morgan fingerprint density at radius 2 is 1.91 bits per heavy atom. The number of aromatic nitrogens is 1. The van der Waals surface area contributed by atoms with Crippen molar-refractivity contribution in [2.45, 2.75) is 31.4 Å². The van der Waals surface area contributed by atoms with E-state index in [0.717, 1.165) is 18.3 Å². The normalized spacial score (nSPS) is 11.8. The maximum Gasteiger partial charge on any atom is 0.407 e. The highest BCUT2D eigenvalue weighted by molar-refractivity contribution is 7.89. The van der Waals surface area contributed by atoms with Crippen LogP contribution in [0.25, 0.3) is 0 Å². The zero-order chi connectivity index (χ0) is 17.7. The fourth-order valence-electron chi connectivity index (χ4n) is 1.40. The van der Waals surface area contributed by atoms with Gasteiger partial charge in [-0.05, 0) is 32.9 Å². The van der Waals surface area contributed by atoms with E-state index in [4.69, 9.17) is 9.84 Å². The van der Waals surface area contributed by atoms with Crippen molar-refractivity contribution in [3.8, 4) is 0 Å². The van der Waals surface area contributed by atoms with E-state index in [1.54, 1.807) is 20.8 Å². The number of sulfonamides is 1. The summed E-state index contributed by atoms with van der Waals surface area (Å²) < 4.78 is 31.1. The van der Waals surface area contributed by atoms with Crippen molar-refractivity contribution in [2.75, 3.05) is 13.1 Å². The fraction of sp³-hybridized carbons (Fsp3) is 0.462. The van der Waals surface area contributed by atoms with Gasteiger partial charge in [-0.1, -0.05) is 0 Å². The van der Waals surface area contributed by atoms with Gasteiger partial charge in [-0.15, -0.1) is 0 Å². The minimum atomic E-state index is -3.88. The Labute approximate surface area is 134 Å². The highest BCUT2D eigenvalue weighted by Crippen LogP contribution is 2.07. The summed E-state index contributed by atoms with van der Waals surface area (Å²) in [5.41, 5.74) is -0.755. The molecule has 0 saturated carbocycles. The average molecular weight is 345 g/mol. The van der Waals surface area contributed by atoms with Crippen LogP contribution in [0.15, 0.2) is 23.4 Å². The molecule has 0 aliphatic carbocycles. The van der Waals surface area contributed by atoms with Crippen LogP contribution < -0.4 is 10.0 Å². The molecule has 0 aliphatic heterocycles. The number of carbonyl (C=O) groups excluding carboxylic acids is 1. The summed E-state index contributed by atoms with van der Waals surface area (Å²) in [5, 5.41) is 10.8. The number of nitrogens with one attached hydrogen (secondary N) is 2. The zero-order valence-electron chi connectivity index (χ0n) is 13.0. The summed E-state index contributed by atoms with van der Waals surface area (Å²) in [7, 11) is -3.88. The van der Waals surface area contributed by atoms with E-state index in [1.165, 1.54) is 0 Å². The van der Waals surface area contributed by atoms with Gasteiger partial charge in [-0.3, -0.25) is 0 Å². The molecule has 0 aromatic carbocycles. The van der Waals surface area contributed by atoms with Gasteiger partial charge >= 0.3 is 12.1 Å². The Morgan fingerprint density at radius 3 is 2.39 bits per heavy atom. The van der Waals surface area contributed by atoms with Crippen molar-refractivity contribution >= 4 is 22.1 Å². The molecular formula is C13H19N3O6S. The van der Waals surface area contributed by atoms with Gasteiger partial charge in [0.1, 0.15) is 5.60 Å². The molecule has 0 aliphatic rings. The second kappa shape index (κ2) is 7.38. The van der Waals surface area contributed by atoms with Gasteiger partial charge in [0.05, 0.1) is 5.56 Å².